The van der Waals surface area contributed by atoms with Crippen molar-refractivity contribution in [3.63, 3.8) is 0 Å². The predicted molar refractivity (Wildman–Crippen MR) is 125 cm³/mol. The first kappa shape index (κ1) is 22.2. The summed E-state index contributed by atoms with van der Waals surface area (Å²) in [7, 11) is 0. The summed E-state index contributed by atoms with van der Waals surface area (Å²) in [5, 5.41) is 5.13. The number of hydrogen-bond acceptors (Lipinski definition) is 5. The van der Waals surface area contributed by atoms with Gasteiger partial charge in [0, 0.05) is 22.1 Å². The molecule has 0 aliphatic rings. The van der Waals surface area contributed by atoms with E-state index in [1.165, 1.54) is 4.88 Å². The molecule has 1 amide bonds. The van der Waals surface area contributed by atoms with E-state index in [1.54, 1.807) is 23.1 Å². The third-order valence-electron chi connectivity index (χ3n) is 4.39. The second kappa shape index (κ2) is 11.7. The summed E-state index contributed by atoms with van der Waals surface area (Å²) in [5.41, 5.74) is 1.82. The second-order valence-electron chi connectivity index (χ2n) is 6.52. The van der Waals surface area contributed by atoms with Gasteiger partial charge in [-0.25, -0.2) is 0 Å². The Bertz CT molecular complexity index is 941. The lowest BCUT2D eigenvalue weighted by atomic mass is 10.1. The van der Waals surface area contributed by atoms with Crippen LogP contribution in [0, 0.1) is 0 Å². The Hall–Kier alpha value is -2.44. The number of ether oxygens (including phenoxy) is 2. The fourth-order valence-electron chi connectivity index (χ4n) is 2.99. The van der Waals surface area contributed by atoms with Crippen molar-refractivity contribution in [3.05, 3.63) is 76.0 Å². The molecular formula is C24H27NO3S2. The maximum atomic E-state index is 12.8. The van der Waals surface area contributed by atoms with E-state index in [2.05, 4.69) is 22.8 Å². The number of thiophene rings is 1. The Morgan fingerprint density at radius 3 is 2.57 bits per heavy atom. The van der Waals surface area contributed by atoms with Crippen LogP contribution in [-0.2, 0) is 12.2 Å². The first-order valence-corrected chi connectivity index (χ1v) is 12.0. The van der Waals surface area contributed by atoms with Crippen LogP contribution >= 0.6 is 23.1 Å². The molecule has 1 N–H and O–H groups in total. The summed E-state index contributed by atoms with van der Waals surface area (Å²) < 4.78 is 11.3. The first-order valence-electron chi connectivity index (χ1n) is 10.1. The molecule has 2 aromatic carbocycles. The maximum absolute atomic E-state index is 12.8. The van der Waals surface area contributed by atoms with Crippen molar-refractivity contribution in [1.29, 1.82) is 0 Å². The highest BCUT2D eigenvalue weighted by Gasteiger charge is 2.12. The Morgan fingerprint density at radius 1 is 1.00 bits per heavy atom. The van der Waals surface area contributed by atoms with E-state index in [1.807, 2.05) is 56.3 Å². The molecule has 0 aliphatic heterocycles. The van der Waals surface area contributed by atoms with Crippen LogP contribution in [-0.4, -0.2) is 25.7 Å². The first-order chi connectivity index (χ1) is 14.7. The third kappa shape index (κ3) is 6.28. The van der Waals surface area contributed by atoms with Gasteiger partial charge in [0.25, 0.3) is 5.91 Å². The topological polar surface area (TPSA) is 47.6 Å². The highest BCUT2D eigenvalue weighted by atomic mass is 32.2. The Kier molecular flexibility index (Phi) is 8.66. The van der Waals surface area contributed by atoms with Crippen molar-refractivity contribution in [2.24, 2.45) is 0 Å². The standard InChI is InChI=1S/C24H27NO3S2/c1-3-27-21-12-11-18(16-22(21)28-4-2)13-14-25-24(26)20-9-5-6-10-23(20)30-17-19-8-7-15-29-19/h5-12,15-16H,3-4,13-14,17H2,1-2H3,(H,25,26). The molecule has 30 heavy (non-hydrogen) atoms. The molecule has 3 aromatic rings. The van der Waals surface area contributed by atoms with Gasteiger partial charge < -0.3 is 14.8 Å². The van der Waals surface area contributed by atoms with E-state index >= 15 is 0 Å². The molecule has 0 fully saturated rings. The molecule has 1 aromatic heterocycles. The third-order valence-corrected chi connectivity index (χ3v) is 6.57. The Balaban J connectivity index is 1.57. The summed E-state index contributed by atoms with van der Waals surface area (Å²) in [6.07, 6.45) is 0.725. The van der Waals surface area contributed by atoms with Crippen molar-refractivity contribution in [2.45, 2.75) is 30.9 Å². The quantitative estimate of drug-likeness (QED) is 0.382. The van der Waals surface area contributed by atoms with Gasteiger partial charge in [-0.2, -0.15) is 0 Å². The van der Waals surface area contributed by atoms with E-state index in [-0.39, 0.29) is 5.91 Å². The fraction of sp³-hybridized carbons (Fsp3) is 0.292. The van der Waals surface area contributed by atoms with Gasteiger partial charge in [-0.15, -0.1) is 23.1 Å². The van der Waals surface area contributed by atoms with Crippen molar-refractivity contribution in [1.82, 2.24) is 5.32 Å². The molecule has 1 heterocycles. The number of nitrogens with one attached hydrogen (secondary N) is 1. The van der Waals surface area contributed by atoms with E-state index in [4.69, 9.17) is 9.47 Å². The number of carbonyl (C=O) groups is 1. The normalized spacial score (nSPS) is 10.6. The van der Waals surface area contributed by atoms with Gasteiger partial charge in [-0.05, 0) is 61.5 Å². The van der Waals surface area contributed by atoms with Crippen LogP contribution in [0.25, 0.3) is 0 Å². The molecule has 4 nitrogen and oxygen atoms in total. The van der Waals surface area contributed by atoms with E-state index in [0.717, 1.165) is 39.7 Å². The molecule has 0 unspecified atom stereocenters. The summed E-state index contributed by atoms with van der Waals surface area (Å²) in [4.78, 5) is 15.1. The zero-order valence-corrected chi connectivity index (χ0v) is 19.0. The van der Waals surface area contributed by atoms with Gasteiger partial charge >= 0.3 is 0 Å². The lowest BCUT2D eigenvalue weighted by molar-refractivity contribution is 0.0951. The van der Waals surface area contributed by atoms with E-state index in [9.17, 15) is 4.79 Å². The average Bonchev–Trinajstić information content (AvgIpc) is 3.28. The molecule has 3 rings (SSSR count). The highest BCUT2D eigenvalue weighted by Crippen LogP contribution is 2.29. The molecule has 0 aliphatic carbocycles. The number of benzene rings is 2. The summed E-state index contributed by atoms with van der Waals surface area (Å²) in [5.74, 6) is 2.33. The predicted octanol–water partition coefficient (Wildman–Crippen LogP) is 5.81. The molecular weight excluding hydrogens is 414 g/mol. The molecule has 0 saturated heterocycles. The minimum atomic E-state index is -0.0414. The summed E-state index contributed by atoms with van der Waals surface area (Å²) >= 11 is 3.43. The largest absolute Gasteiger partial charge is 0.490 e. The van der Waals surface area contributed by atoms with Crippen molar-refractivity contribution < 1.29 is 14.3 Å². The van der Waals surface area contributed by atoms with Crippen molar-refractivity contribution >= 4 is 29.0 Å². The zero-order chi connectivity index (χ0) is 21.2. The Morgan fingerprint density at radius 2 is 1.80 bits per heavy atom. The lowest BCUT2D eigenvalue weighted by Gasteiger charge is -2.13. The lowest BCUT2D eigenvalue weighted by Crippen LogP contribution is -2.26. The van der Waals surface area contributed by atoms with Gasteiger partial charge in [-0.3, -0.25) is 4.79 Å². The molecule has 0 atom stereocenters. The van der Waals surface area contributed by atoms with Gasteiger partial charge in [0.15, 0.2) is 11.5 Å². The van der Waals surface area contributed by atoms with Gasteiger partial charge in [0.1, 0.15) is 0 Å². The molecule has 0 radical (unpaired) electrons. The van der Waals surface area contributed by atoms with Crippen molar-refractivity contribution in [2.75, 3.05) is 19.8 Å². The zero-order valence-electron chi connectivity index (χ0n) is 17.4. The van der Waals surface area contributed by atoms with Crippen LogP contribution in [0.4, 0.5) is 0 Å². The van der Waals surface area contributed by atoms with Crippen LogP contribution in [0.2, 0.25) is 0 Å². The monoisotopic (exact) mass is 441 g/mol. The summed E-state index contributed by atoms with van der Waals surface area (Å²) in [6, 6.07) is 17.9. The molecule has 0 spiro atoms. The fourth-order valence-corrected chi connectivity index (χ4v) is 4.81. The number of rotatable bonds is 11. The smallest absolute Gasteiger partial charge is 0.252 e. The Labute approximate surface area is 186 Å². The van der Waals surface area contributed by atoms with Crippen LogP contribution in [0.15, 0.2) is 64.9 Å². The summed E-state index contributed by atoms with van der Waals surface area (Å²) in [6.45, 7) is 5.65. The molecule has 6 heteroatoms. The van der Waals surface area contributed by atoms with Crippen LogP contribution in [0.5, 0.6) is 11.5 Å². The minimum Gasteiger partial charge on any atom is -0.490 e. The molecule has 0 bridgehead atoms. The van der Waals surface area contributed by atoms with Gasteiger partial charge in [-0.1, -0.05) is 24.3 Å². The average molecular weight is 442 g/mol. The van der Waals surface area contributed by atoms with Gasteiger partial charge in [0.05, 0.1) is 18.8 Å². The number of thioether (sulfide) groups is 1. The number of carbonyl (C=O) groups excluding carboxylic acids is 1. The van der Waals surface area contributed by atoms with Gasteiger partial charge in [0.2, 0.25) is 0 Å². The van der Waals surface area contributed by atoms with E-state index < -0.39 is 0 Å². The SMILES string of the molecule is CCOc1ccc(CCNC(=O)c2ccccc2SCc2cccs2)cc1OCC. The van der Waals surface area contributed by atoms with Crippen molar-refractivity contribution in [3.8, 4) is 11.5 Å². The second-order valence-corrected chi connectivity index (χ2v) is 8.57. The number of hydrogen-bond donors (Lipinski definition) is 1. The molecule has 158 valence electrons. The molecule has 0 saturated carbocycles. The van der Waals surface area contributed by atoms with Crippen LogP contribution in [0.3, 0.4) is 0 Å². The number of amides is 1. The van der Waals surface area contributed by atoms with E-state index in [0.29, 0.717) is 19.8 Å². The maximum Gasteiger partial charge on any atom is 0.252 e. The highest BCUT2D eigenvalue weighted by molar-refractivity contribution is 7.98. The van der Waals surface area contributed by atoms with Crippen LogP contribution in [0.1, 0.15) is 34.6 Å². The van der Waals surface area contributed by atoms with Crippen LogP contribution < -0.4 is 14.8 Å². The minimum absolute atomic E-state index is 0.0414.